The second-order valence-corrected chi connectivity index (χ2v) is 20.6. The number of hydrogen-bond acceptors (Lipinski definition) is 9. The molecule has 1 fully saturated rings. The van der Waals surface area contributed by atoms with Gasteiger partial charge >= 0.3 is 5.97 Å². The molecule has 0 saturated carbocycles. The van der Waals surface area contributed by atoms with Crippen LogP contribution in [0.1, 0.15) is 146 Å². The Balaban J connectivity index is 1.23. The number of benzene rings is 2. The Hall–Kier alpha value is -5.08. The van der Waals surface area contributed by atoms with E-state index >= 15 is 0 Å². The maximum Gasteiger partial charge on any atom is 0.333 e. The zero-order chi connectivity index (χ0) is 44.6. The van der Waals surface area contributed by atoms with Crippen molar-refractivity contribution in [2.45, 2.75) is 149 Å². The number of imidazole rings is 1. The predicted octanol–water partition coefficient (Wildman–Crippen LogP) is 5.59. The molecule has 9 rings (SSSR count). The third kappa shape index (κ3) is 7.64. The van der Waals surface area contributed by atoms with E-state index in [0.717, 1.165) is 121 Å². The van der Waals surface area contributed by atoms with E-state index in [4.69, 9.17) is 9.57 Å². The highest BCUT2D eigenvalue weighted by Gasteiger charge is 2.44. The number of imide groups is 1. The maximum absolute atomic E-state index is 12.6. The van der Waals surface area contributed by atoms with E-state index in [1.807, 2.05) is 6.08 Å². The third-order valence-corrected chi connectivity index (χ3v) is 14.5. The van der Waals surface area contributed by atoms with Gasteiger partial charge in [0.1, 0.15) is 30.4 Å². The van der Waals surface area contributed by atoms with Gasteiger partial charge < -0.3 is 19.0 Å². The van der Waals surface area contributed by atoms with Crippen LogP contribution >= 0.6 is 0 Å². The summed E-state index contributed by atoms with van der Waals surface area (Å²) >= 11 is 0. The number of rotatable bonds is 14. The first kappa shape index (κ1) is 43.2. The number of allylic oxidation sites excluding steroid dienone is 1. The Kier molecular flexibility index (Phi) is 11.1. The monoisotopic (exact) mass is 878 g/mol. The maximum atomic E-state index is 12.6. The van der Waals surface area contributed by atoms with E-state index in [1.54, 1.807) is 0 Å². The van der Waals surface area contributed by atoms with Crippen molar-refractivity contribution in [3.05, 3.63) is 80.9 Å². The lowest BCUT2D eigenvalue weighted by molar-refractivity contribution is -0.699. The Morgan fingerprint density at radius 2 is 1.65 bits per heavy atom. The number of ether oxygens (including phenoxy) is 1. The molecule has 334 valence electrons. The molecule has 0 N–H and O–H groups in total. The third-order valence-electron chi connectivity index (χ3n) is 13.9. The molecule has 3 aromatic rings. The summed E-state index contributed by atoms with van der Waals surface area (Å²) in [4.78, 5) is 44.1. The molecule has 2 amide bonds. The van der Waals surface area contributed by atoms with Crippen LogP contribution in [-0.4, -0.2) is 70.3 Å². The van der Waals surface area contributed by atoms with Crippen LogP contribution < -0.4 is 29.4 Å². The van der Waals surface area contributed by atoms with Crippen LogP contribution in [0.15, 0.2) is 36.7 Å². The smallest absolute Gasteiger partial charge is 0.333 e. The second kappa shape index (κ2) is 16.2. The van der Waals surface area contributed by atoms with Crippen molar-refractivity contribution in [1.82, 2.24) is 14.2 Å². The van der Waals surface area contributed by atoms with Crippen molar-refractivity contribution in [3.63, 3.8) is 0 Å². The standard InChI is InChI=1S/C49H60N5O8S/c1-7-9-20-50-24-25-51(21-12-10-11-17-41(57)62-54-39(55)18-19-40(54)56)47(50)42-37-26-35-31(8-2)28-48(3,4)52-22-13-15-33(43(35)52)45(37)61-46-34-16-14-23-53-44(34)36(27-38(42)46)32(29-49(53,5)6)30-63(58,59)60/h24-29H,7-23,30H2,1-6H3/q+1. The number of fused-ring (bicyclic) bond motifs is 4. The summed E-state index contributed by atoms with van der Waals surface area (Å²) in [7, 11) is -4.61. The van der Waals surface area contributed by atoms with E-state index < -0.39 is 39.2 Å². The molecule has 0 radical (unpaired) electrons. The fraction of sp³-hybridized carbons (Fsp3) is 0.531. The molecule has 14 heteroatoms. The number of hydrogen-bond donors (Lipinski definition) is 0. The second-order valence-electron chi connectivity index (χ2n) is 19.2. The van der Waals surface area contributed by atoms with Crippen molar-refractivity contribution in [2.24, 2.45) is 0 Å². The number of aryl methyl sites for hydroxylation is 2. The normalized spacial score (nSPS) is 19.2. The van der Waals surface area contributed by atoms with E-state index in [2.05, 4.69) is 90.8 Å². The molecule has 13 nitrogen and oxygen atoms in total. The minimum absolute atomic E-state index is 0.0564. The number of aromatic nitrogens is 2. The lowest BCUT2D eigenvalue weighted by Gasteiger charge is -2.47. The number of hydroxylamine groups is 2. The summed E-state index contributed by atoms with van der Waals surface area (Å²) in [5.74, 6) is 0.558. The molecule has 63 heavy (non-hydrogen) atoms. The number of nitrogens with zero attached hydrogens (tertiary/aromatic N) is 5. The number of amides is 2. The highest BCUT2D eigenvalue weighted by molar-refractivity contribution is 7.86. The average molecular weight is 879 g/mol. The quantitative estimate of drug-likeness (QED) is 0.0685. The van der Waals surface area contributed by atoms with Crippen molar-refractivity contribution in [1.29, 1.82) is 0 Å². The lowest BCUT2D eigenvalue weighted by atomic mass is 9.79. The van der Waals surface area contributed by atoms with Gasteiger partial charge in [0.25, 0.3) is 17.6 Å². The van der Waals surface area contributed by atoms with Crippen LogP contribution in [0.25, 0.3) is 16.7 Å². The van der Waals surface area contributed by atoms with Gasteiger partial charge in [-0.1, -0.05) is 26.3 Å². The van der Waals surface area contributed by atoms with Crippen LogP contribution in [0.3, 0.4) is 0 Å². The van der Waals surface area contributed by atoms with Gasteiger partial charge in [0, 0.05) is 68.0 Å². The van der Waals surface area contributed by atoms with Gasteiger partial charge in [0.15, 0.2) is 5.54 Å². The van der Waals surface area contributed by atoms with Gasteiger partial charge in [0.05, 0.1) is 56.9 Å². The van der Waals surface area contributed by atoms with E-state index in [0.29, 0.717) is 30.0 Å². The zero-order valence-corrected chi connectivity index (χ0v) is 38.4. The van der Waals surface area contributed by atoms with Crippen LogP contribution in [-0.2, 0) is 55.3 Å². The number of anilines is 1. The van der Waals surface area contributed by atoms with Gasteiger partial charge in [-0.3, -0.25) is 9.59 Å². The minimum atomic E-state index is -4.61. The largest absolute Gasteiger partial charge is 0.748 e. The first-order chi connectivity index (χ1) is 30.0. The van der Waals surface area contributed by atoms with Gasteiger partial charge in [-0.25, -0.2) is 26.9 Å². The first-order valence-electron chi connectivity index (χ1n) is 23.0. The Morgan fingerprint density at radius 3 is 2.38 bits per heavy atom. The van der Waals surface area contributed by atoms with Gasteiger partial charge in [0.2, 0.25) is 5.36 Å². The summed E-state index contributed by atoms with van der Waals surface area (Å²) in [6.45, 7) is 16.4. The average Bonchev–Trinajstić information content (AvgIpc) is 3.78. The number of unbranched alkanes of at least 4 members (excludes halogenated alkanes) is 3. The van der Waals surface area contributed by atoms with Crippen molar-refractivity contribution >= 4 is 50.3 Å². The van der Waals surface area contributed by atoms with Crippen LogP contribution in [0.2, 0.25) is 0 Å². The summed E-state index contributed by atoms with van der Waals surface area (Å²) in [5, 5.41) is 2.88. The fourth-order valence-electron chi connectivity index (χ4n) is 11.0. The summed E-state index contributed by atoms with van der Waals surface area (Å²) in [6, 6.07) is 4.45. The number of carbonyl (C=O) groups excluding carboxylic acids is 3. The summed E-state index contributed by atoms with van der Waals surface area (Å²) < 4.78 is 52.4. The highest BCUT2D eigenvalue weighted by Crippen LogP contribution is 2.52. The topological polar surface area (TPSA) is 145 Å². The lowest BCUT2D eigenvalue weighted by Crippen LogP contribution is -2.53. The van der Waals surface area contributed by atoms with Gasteiger partial charge in [-0.2, -0.15) is 0 Å². The van der Waals surface area contributed by atoms with Crippen LogP contribution in [0.4, 0.5) is 5.69 Å². The molecule has 0 bridgehead atoms. The Morgan fingerprint density at radius 1 is 0.889 bits per heavy atom. The molecule has 0 atom stereocenters. The summed E-state index contributed by atoms with van der Waals surface area (Å²) in [5.41, 5.74) is 8.30. The Labute approximate surface area is 370 Å². The van der Waals surface area contributed by atoms with Crippen molar-refractivity contribution in [2.75, 3.05) is 23.7 Å². The molecule has 0 aliphatic carbocycles. The molecule has 6 aliphatic rings. The Bertz CT molecular complexity index is 2760. The molecular formula is C49H60N5O8S+. The SMILES string of the molecule is CCCCn1cc[n+](CCCCCC(=O)ON2C(=O)CCC2=O)c1C1=c2cc3c4c(c2Oc2c1cc1c5c2CCCN5C(C)(C)C=C1CS(=O)(=O)[O-])CCC[N+]=4C(C)(C)C=C3CC. The molecule has 0 unspecified atom stereocenters. The zero-order valence-electron chi connectivity index (χ0n) is 37.6. The van der Waals surface area contributed by atoms with E-state index in [1.165, 1.54) is 22.1 Å². The van der Waals surface area contributed by atoms with Crippen molar-refractivity contribution in [3.8, 4) is 11.5 Å². The molecule has 1 aromatic heterocycles. The van der Waals surface area contributed by atoms with E-state index in [9.17, 15) is 27.4 Å². The van der Waals surface area contributed by atoms with E-state index in [-0.39, 0.29) is 24.8 Å². The highest BCUT2D eigenvalue weighted by atomic mass is 32.2. The summed E-state index contributed by atoms with van der Waals surface area (Å²) in [6.07, 6.45) is 17.3. The molecule has 6 aliphatic heterocycles. The molecular weight excluding hydrogens is 819 g/mol. The minimum Gasteiger partial charge on any atom is -0.748 e. The van der Waals surface area contributed by atoms with Gasteiger partial charge in [-0.15, -0.1) is 5.06 Å². The number of carbonyl (C=O) groups is 3. The molecule has 0 spiro atoms. The fourth-order valence-corrected chi connectivity index (χ4v) is 11.7. The molecule has 2 aromatic carbocycles. The van der Waals surface area contributed by atoms with Gasteiger partial charge in [-0.05, 0) is 94.6 Å². The molecule has 1 saturated heterocycles. The molecule has 7 heterocycles. The predicted molar refractivity (Wildman–Crippen MR) is 238 cm³/mol. The van der Waals surface area contributed by atoms with Crippen molar-refractivity contribution < 1.29 is 41.5 Å². The van der Waals surface area contributed by atoms with Crippen LogP contribution in [0.5, 0.6) is 11.5 Å². The van der Waals surface area contributed by atoms with Crippen LogP contribution in [0, 0.1) is 0 Å². The first-order valence-corrected chi connectivity index (χ1v) is 24.6.